The molecule has 0 radical (unpaired) electrons. The van der Waals surface area contributed by atoms with Crippen molar-refractivity contribution in [2.75, 3.05) is 43.9 Å². The fourth-order valence-corrected chi connectivity index (χ4v) is 2.25. The minimum atomic E-state index is 0.661. The first kappa shape index (κ1) is 17.1. The molecule has 2 aromatic rings. The van der Waals surface area contributed by atoms with E-state index in [1.807, 2.05) is 18.2 Å². The lowest BCUT2D eigenvalue weighted by molar-refractivity contribution is 0.405. The maximum absolute atomic E-state index is 4.58. The normalized spacial score (nSPS) is 10.8. The summed E-state index contributed by atoms with van der Waals surface area (Å²) in [4.78, 5) is 8.87. The highest BCUT2D eigenvalue weighted by atomic mass is 15.3. The fourth-order valence-electron chi connectivity index (χ4n) is 2.25. The first-order valence-corrected chi connectivity index (χ1v) is 8.06. The summed E-state index contributed by atoms with van der Waals surface area (Å²) in [5.74, 6) is 1.44. The Bertz CT molecular complexity index is 572. The summed E-state index contributed by atoms with van der Waals surface area (Å²) in [6.07, 6.45) is 2.74. The lowest BCUT2D eigenvalue weighted by Crippen LogP contribution is -2.25. The molecule has 1 aromatic carbocycles. The summed E-state index contributed by atoms with van der Waals surface area (Å²) in [6, 6.07) is 10.3. The van der Waals surface area contributed by atoms with Gasteiger partial charge in [-0.25, -0.2) is 0 Å². The predicted octanol–water partition coefficient (Wildman–Crippen LogP) is 2.26. The Morgan fingerprint density at radius 2 is 1.91 bits per heavy atom. The summed E-state index contributed by atoms with van der Waals surface area (Å²) in [6.45, 7) is 5.64. The largest absolute Gasteiger partial charge is 0.369 e. The first-order chi connectivity index (χ1) is 11.2. The van der Waals surface area contributed by atoms with Gasteiger partial charge in [-0.05, 0) is 39.5 Å². The Morgan fingerprint density at radius 3 is 2.61 bits per heavy atom. The molecule has 6 heteroatoms. The zero-order valence-corrected chi connectivity index (χ0v) is 14.2. The quantitative estimate of drug-likeness (QED) is 0.717. The Balaban J connectivity index is 1.96. The van der Waals surface area contributed by atoms with Crippen LogP contribution in [0.2, 0.25) is 0 Å². The minimum absolute atomic E-state index is 0.661. The highest BCUT2D eigenvalue weighted by Gasteiger charge is 2.10. The molecule has 0 spiro atoms. The van der Waals surface area contributed by atoms with Gasteiger partial charge < -0.3 is 15.1 Å². The summed E-state index contributed by atoms with van der Waals surface area (Å²) >= 11 is 0. The van der Waals surface area contributed by atoms with Crippen molar-refractivity contribution in [1.82, 2.24) is 20.1 Å². The molecule has 0 bridgehead atoms. The van der Waals surface area contributed by atoms with E-state index in [0.717, 1.165) is 38.4 Å². The molecule has 6 nitrogen and oxygen atoms in total. The van der Waals surface area contributed by atoms with Crippen LogP contribution in [-0.2, 0) is 6.54 Å². The van der Waals surface area contributed by atoms with E-state index in [1.165, 1.54) is 5.56 Å². The molecule has 0 atom stereocenters. The van der Waals surface area contributed by atoms with Crippen LogP contribution < -0.4 is 10.2 Å². The predicted molar refractivity (Wildman–Crippen MR) is 94.7 cm³/mol. The van der Waals surface area contributed by atoms with E-state index in [-0.39, 0.29) is 0 Å². The average molecular weight is 314 g/mol. The number of aromatic nitrogens is 3. The molecule has 1 heterocycles. The first-order valence-electron chi connectivity index (χ1n) is 8.06. The van der Waals surface area contributed by atoms with Gasteiger partial charge in [-0.2, -0.15) is 10.1 Å². The van der Waals surface area contributed by atoms with Crippen LogP contribution in [0.15, 0.2) is 36.5 Å². The molecule has 0 saturated carbocycles. The summed E-state index contributed by atoms with van der Waals surface area (Å²) < 4.78 is 0. The molecule has 124 valence electrons. The van der Waals surface area contributed by atoms with Crippen LogP contribution in [0.1, 0.15) is 18.9 Å². The zero-order chi connectivity index (χ0) is 16.5. The number of benzene rings is 1. The van der Waals surface area contributed by atoms with Crippen LogP contribution in [0.3, 0.4) is 0 Å². The van der Waals surface area contributed by atoms with Gasteiger partial charge in [0, 0.05) is 19.6 Å². The monoisotopic (exact) mass is 314 g/mol. The molecule has 0 unspecified atom stereocenters. The van der Waals surface area contributed by atoms with Gasteiger partial charge in [0.1, 0.15) is 0 Å². The van der Waals surface area contributed by atoms with Gasteiger partial charge in [0.25, 0.3) is 0 Å². The second-order valence-corrected chi connectivity index (χ2v) is 5.72. The van der Waals surface area contributed by atoms with Crippen LogP contribution >= 0.6 is 0 Å². The van der Waals surface area contributed by atoms with Gasteiger partial charge in [0.15, 0.2) is 5.82 Å². The third kappa shape index (κ3) is 5.83. The standard InChI is InChI=1S/C17H26N6/c1-4-23(14-15-9-6-5-7-10-15)17-20-16(13-19-21-17)18-11-8-12-22(2)3/h5-7,9-10,13H,4,8,11-12,14H2,1-3H3,(H,18,20,21). The number of nitrogens with zero attached hydrogens (tertiary/aromatic N) is 5. The van der Waals surface area contributed by atoms with Crippen LogP contribution in [0.25, 0.3) is 0 Å². The van der Waals surface area contributed by atoms with E-state index in [1.54, 1.807) is 6.20 Å². The van der Waals surface area contributed by atoms with Crippen molar-refractivity contribution in [1.29, 1.82) is 0 Å². The Kier molecular flexibility index (Phi) is 6.75. The Labute approximate surface area is 138 Å². The maximum atomic E-state index is 4.58. The second kappa shape index (κ2) is 9.05. The molecule has 1 N–H and O–H groups in total. The maximum Gasteiger partial charge on any atom is 0.247 e. The van der Waals surface area contributed by atoms with E-state index >= 15 is 0 Å². The highest BCUT2D eigenvalue weighted by Crippen LogP contribution is 2.13. The molecule has 0 saturated heterocycles. The van der Waals surface area contributed by atoms with Crippen molar-refractivity contribution in [2.45, 2.75) is 19.9 Å². The third-order valence-electron chi connectivity index (χ3n) is 3.52. The van der Waals surface area contributed by atoms with E-state index in [9.17, 15) is 0 Å². The molecule has 0 aliphatic rings. The van der Waals surface area contributed by atoms with E-state index < -0.39 is 0 Å². The molecule has 0 amide bonds. The van der Waals surface area contributed by atoms with Crippen molar-refractivity contribution >= 4 is 11.8 Å². The molecule has 0 aliphatic carbocycles. The molecule has 0 fully saturated rings. The minimum Gasteiger partial charge on any atom is -0.369 e. The smallest absolute Gasteiger partial charge is 0.247 e. The van der Waals surface area contributed by atoms with Crippen LogP contribution in [-0.4, -0.2) is 53.8 Å². The number of rotatable bonds is 9. The summed E-state index contributed by atoms with van der Waals surface area (Å²) in [5.41, 5.74) is 1.24. The van der Waals surface area contributed by atoms with E-state index in [2.05, 4.69) is 63.4 Å². The zero-order valence-electron chi connectivity index (χ0n) is 14.2. The van der Waals surface area contributed by atoms with Gasteiger partial charge in [0.2, 0.25) is 5.95 Å². The van der Waals surface area contributed by atoms with Gasteiger partial charge >= 0.3 is 0 Å². The lowest BCUT2D eigenvalue weighted by Gasteiger charge is -2.20. The molecule has 0 aliphatic heterocycles. The van der Waals surface area contributed by atoms with Crippen molar-refractivity contribution < 1.29 is 0 Å². The van der Waals surface area contributed by atoms with Gasteiger partial charge in [-0.15, -0.1) is 5.10 Å². The average Bonchev–Trinajstić information content (AvgIpc) is 2.57. The third-order valence-corrected chi connectivity index (χ3v) is 3.52. The van der Waals surface area contributed by atoms with Gasteiger partial charge in [-0.1, -0.05) is 30.3 Å². The van der Waals surface area contributed by atoms with Crippen molar-refractivity contribution in [3.8, 4) is 0 Å². The van der Waals surface area contributed by atoms with Crippen molar-refractivity contribution in [3.63, 3.8) is 0 Å². The number of nitrogens with one attached hydrogen (secondary N) is 1. The number of hydrogen-bond acceptors (Lipinski definition) is 6. The lowest BCUT2D eigenvalue weighted by atomic mass is 10.2. The molecular weight excluding hydrogens is 288 g/mol. The topological polar surface area (TPSA) is 57.2 Å². The van der Waals surface area contributed by atoms with Crippen molar-refractivity contribution in [2.24, 2.45) is 0 Å². The van der Waals surface area contributed by atoms with Crippen LogP contribution in [0.5, 0.6) is 0 Å². The summed E-state index contributed by atoms with van der Waals surface area (Å²) in [5, 5.41) is 11.6. The number of anilines is 2. The number of hydrogen-bond donors (Lipinski definition) is 1. The van der Waals surface area contributed by atoms with Crippen LogP contribution in [0.4, 0.5) is 11.8 Å². The van der Waals surface area contributed by atoms with E-state index in [4.69, 9.17) is 0 Å². The second-order valence-electron chi connectivity index (χ2n) is 5.72. The Morgan fingerprint density at radius 1 is 1.13 bits per heavy atom. The van der Waals surface area contributed by atoms with Crippen LogP contribution in [0, 0.1) is 0 Å². The molecular formula is C17H26N6. The highest BCUT2D eigenvalue weighted by molar-refractivity contribution is 5.39. The SMILES string of the molecule is CCN(Cc1ccccc1)c1nncc(NCCCN(C)C)n1. The molecule has 2 rings (SSSR count). The van der Waals surface area contributed by atoms with E-state index in [0.29, 0.717) is 5.95 Å². The molecule has 23 heavy (non-hydrogen) atoms. The van der Waals surface area contributed by atoms with Gasteiger partial charge in [0.05, 0.1) is 6.20 Å². The van der Waals surface area contributed by atoms with Gasteiger partial charge in [-0.3, -0.25) is 0 Å². The fraction of sp³-hybridized carbons (Fsp3) is 0.471. The van der Waals surface area contributed by atoms with Crippen molar-refractivity contribution in [3.05, 3.63) is 42.1 Å². The Hall–Kier alpha value is -2.21. The molecule has 1 aromatic heterocycles. The summed E-state index contributed by atoms with van der Waals surface area (Å²) in [7, 11) is 4.15.